The lowest BCUT2D eigenvalue weighted by molar-refractivity contribution is -0.125. The number of likely N-dealkylation sites (N-methyl/N-ethyl adjacent to an activating group) is 1. The van der Waals surface area contributed by atoms with Crippen molar-refractivity contribution in [2.24, 2.45) is 0 Å². The Morgan fingerprint density at radius 1 is 1.17 bits per heavy atom. The van der Waals surface area contributed by atoms with Crippen molar-refractivity contribution in [1.82, 2.24) is 4.90 Å². The second-order valence-electron chi connectivity index (χ2n) is 7.33. The molecule has 1 fully saturated rings. The third-order valence-electron chi connectivity index (χ3n) is 5.56. The Morgan fingerprint density at radius 2 is 1.93 bits per heavy atom. The van der Waals surface area contributed by atoms with Gasteiger partial charge in [-0.1, -0.05) is 36.7 Å². The molecule has 2 aliphatic rings. The lowest BCUT2D eigenvalue weighted by Crippen LogP contribution is -2.46. The number of carbonyl (C=O) groups is 2. The lowest BCUT2D eigenvalue weighted by atomic mass is 9.98. The van der Waals surface area contributed by atoms with E-state index in [2.05, 4.69) is 22.0 Å². The minimum Gasteiger partial charge on any atom is -0.448 e. The van der Waals surface area contributed by atoms with Gasteiger partial charge in [-0.2, -0.15) is 0 Å². The number of carbonyl (C=O) groups excluding carboxylic acids is 2. The summed E-state index contributed by atoms with van der Waals surface area (Å²) in [5.74, 6) is -0.808. The van der Waals surface area contributed by atoms with Crippen molar-refractivity contribution < 1.29 is 14.3 Å². The summed E-state index contributed by atoms with van der Waals surface area (Å²) in [7, 11) is 0. The van der Waals surface area contributed by atoms with E-state index >= 15 is 0 Å². The number of hydrogen-bond donors (Lipinski definition) is 1. The quantitative estimate of drug-likeness (QED) is 0.780. The molecule has 1 N–H and O–H groups in total. The van der Waals surface area contributed by atoms with Gasteiger partial charge in [0, 0.05) is 37.6 Å². The molecule has 152 valence electrons. The zero-order valence-electron chi connectivity index (χ0n) is 16.4. The molecule has 2 heterocycles. The van der Waals surface area contributed by atoms with Crippen molar-refractivity contribution in [2.45, 2.75) is 19.4 Å². The number of ether oxygens (including phenoxy) is 1. The summed E-state index contributed by atoms with van der Waals surface area (Å²) in [6.07, 6.45) is -0.500. The van der Waals surface area contributed by atoms with Crippen molar-refractivity contribution in [3.8, 4) is 0 Å². The van der Waals surface area contributed by atoms with Crippen molar-refractivity contribution in [3.05, 3.63) is 58.6 Å². The Balaban J connectivity index is 1.51. The highest BCUT2D eigenvalue weighted by Crippen LogP contribution is 2.31. The predicted molar refractivity (Wildman–Crippen MR) is 114 cm³/mol. The summed E-state index contributed by atoms with van der Waals surface area (Å²) in [6, 6.07) is 12.7. The number of nitrogens with zero attached hydrogens (tertiary/aromatic N) is 2. The molecule has 1 saturated heterocycles. The average molecular weight is 414 g/mol. The van der Waals surface area contributed by atoms with Crippen LogP contribution in [0.2, 0.25) is 5.02 Å². The molecule has 6 nitrogen and oxygen atoms in total. The first-order valence-corrected chi connectivity index (χ1v) is 10.3. The number of hydrogen-bond acceptors (Lipinski definition) is 5. The second-order valence-corrected chi connectivity index (χ2v) is 7.76. The van der Waals surface area contributed by atoms with Crippen molar-refractivity contribution in [1.29, 1.82) is 0 Å². The molecule has 4 rings (SSSR count). The highest BCUT2D eigenvalue weighted by Gasteiger charge is 2.31. The summed E-state index contributed by atoms with van der Waals surface area (Å²) in [5, 5.41) is 3.48. The normalized spacial score (nSPS) is 19.4. The number of cyclic esters (lactones) is 1. The smallest absolute Gasteiger partial charge is 0.339 e. The lowest BCUT2D eigenvalue weighted by Gasteiger charge is -2.36. The van der Waals surface area contributed by atoms with Crippen LogP contribution in [0.4, 0.5) is 11.4 Å². The van der Waals surface area contributed by atoms with E-state index in [0.717, 1.165) is 44.0 Å². The Labute approximate surface area is 175 Å². The van der Waals surface area contributed by atoms with Crippen LogP contribution in [0.5, 0.6) is 0 Å². The third-order valence-corrected chi connectivity index (χ3v) is 5.80. The number of amides is 1. The number of fused-ring (bicyclic) bond motifs is 1. The molecule has 0 bridgehead atoms. The molecule has 2 aliphatic heterocycles. The van der Waals surface area contributed by atoms with Crippen LogP contribution < -0.4 is 10.2 Å². The van der Waals surface area contributed by atoms with E-state index in [0.29, 0.717) is 22.7 Å². The zero-order valence-corrected chi connectivity index (χ0v) is 17.1. The van der Waals surface area contributed by atoms with Crippen LogP contribution in [-0.4, -0.2) is 55.6 Å². The van der Waals surface area contributed by atoms with Crippen molar-refractivity contribution >= 4 is 34.9 Å². The van der Waals surface area contributed by atoms with Crippen molar-refractivity contribution in [3.63, 3.8) is 0 Å². The van der Waals surface area contributed by atoms with Crippen LogP contribution in [0, 0.1) is 0 Å². The fourth-order valence-corrected chi connectivity index (χ4v) is 4.05. The number of halogens is 1. The van der Waals surface area contributed by atoms with E-state index in [1.807, 2.05) is 24.3 Å². The summed E-state index contributed by atoms with van der Waals surface area (Å²) >= 11 is 6.20. The average Bonchev–Trinajstić information content (AvgIpc) is 2.74. The summed E-state index contributed by atoms with van der Waals surface area (Å²) < 4.78 is 5.39. The minimum atomic E-state index is -0.860. The molecule has 1 amide bonds. The van der Waals surface area contributed by atoms with Crippen molar-refractivity contribution in [2.75, 3.05) is 42.9 Å². The Kier molecular flexibility index (Phi) is 5.74. The maximum Gasteiger partial charge on any atom is 0.339 e. The number of nitrogens with one attached hydrogen (secondary N) is 1. The molecule has 0 radical (unpaired) electrons. The first-order chi connectivity index (χ1) is 14.0. The number of anilines is 2. The van der Waals surface area contributed by atoms with E-state index < -0.39 is 12.1 Å². The van der Waals surface area contributed by atoms with Crippen LogP contribution in [0.25, 0.3) is 0 Å². The van der Waals surface area contributed by atoms with Crippen LogP contribution in [0.15, 0.2) is 42.5 Å². The molecule has 0 saturated carbocycles. The molecule has 29 heavy (non-hydrogen) atoms. The monoisotopic (exact) mass is 413 g/mol. The van der Waals surface area contributed by atoms with Gasteiger partial charge in [-0.15, -0.1) is 0 Å². The van der Waals surface area contributed by atoms with Crippen LogP contribution >= 0.6 is 11.6 Å². The second kappa shape index (κ2) is 8.43. The summed E-state index contributed by atoms with van der Waals surface area (Å²) in [5.41, 5.74) is 2.92. The molecule has 1 unspecified atom stereocenters. The predicted octanol–water partition coefficient (Wildman–Crippen LogP) is 3.20. The Morgan fingerprint density at radius 3 is 2.69 bits per heavy atom. The number of esters is 1. The van der Waals surface area contributed by atoms with E-state index in [9.17, 15) is 9.59 Å². The number of benzene rings is 2. The first-order valence-electron chi connectivity index (χ1n) is 9.91. The number of rotatable bonds is 4. The van der Waals surface area contributed by atoms with E-state index in [4.69, 9.17) is 16.3 Å². The SMILES string of the molecule is CCN1CCN(c2ccc(Cl)cc2NC(=O)C2Cc3ccccc3C(=O)O2)CC1. The molecule has 1 atom stereocenters. The van der Waals surface area contributed by atoms with Gasteiger partial charge in [0.25, 0.3) is 5.91 Å². The van der Waals surface area contributed by atoms with Gasteiger partial charge in [0.1, 0.15) is 0 Å². The van der Waals surface area contributed by atoms with E-state index in [1.54, 1.807) is 18.2 Å². The molecule has 0 aromatic heterocycles. The molecule has 2 aromatic carbocycles. The van der Waals surface area contributed by atoms with Gasteiger partial charge < -0.3 is 19.9 Å². The Bertz CT molecular complexity index is 925. The van der Waals surface area contributed by atoms with Gasteiger partial charge in [0.2, 0.25) is 0 Å². The highest BCUT2D eigenvalue weighted by atomic mass is 35.5. The third kappa shape index (κ3) is 4.23. The van der Waals surface area contributed by atoms with E-state index in [1.165, 1.54) is 0 Å². The molecular weight excluding hydrogens is 390 g/mol. The molecule has 0 aliphatic carbocycles. The maximum absolute atomic E-state index is 12.9. The molecular formula is C22H24ClN3O3. The minimum absolute atomic E-state index is 0.344. The van der Waals surface area contributed by atoms with Crippen LogP contribution in [0.1, 0.15) is 22.8 Å². The van der Waals surface area contributed by atoms with Gasteiger partial charge in [-0.05, 0) is 36.4 Å². The maximum atomic E-state index is 12.9. The topological polar surface area (TPSA) is 61.9 Å². The summed E-state index contributed by atoms with van der Waals surface area (Å²) in [4.78, 5) is 29.8. The van der Waals surface area contributed by atoms with Gasteiger partial charge in [0.15, 0.2) is 6.10 Å². The zero-order chi connectivity index (χ0) is 20.4. The van der Waals surface area contributed by atoms with Crippen LogP contribution in [0.3, 0.4) is 0 Å². The van der Waals surface area contributed by atoms with Gasteiger partial charge in [-0.3, -0.25) is 4.79 Å². The fourth-order valence-electron chi connectivity index (χ4n) is 3.88. The van der Waals surface area contributed by atoms with Gasteiger partial charge >= 0.3 is 5.97 Å². The highest BCUT2D eigenvalue weighted by molar-refractivity contribution is 6.31. The first kappa shape index (κ1) is 19.7. The van der Waals surface area contributed by atoms with Gasteiger partial charge in [0.05, 0.1) is 16.9 Å². The van der Waals surface area contributed by atoms with Crippen LogP contribution in [-0.2, 0) is 16.0 Å². The molecule has 7 heteroatoms. The number of piperazine rings is 1. The van der Waals surface area contributed by atoms with Gasteiger partial charge in [-0.25, -0.2) is 4.79 Å². The largest absolute Gasteiger partial charge is 0.448 e. The standard InChI is InChI=1S/C22H24ClN3O3/c1-2-25-9-11-26(12-10-25)19-8-7-16(23)14-18(19)24-21(27)20-13-15-5-3-4-6-17(15)22(28)29-20/h3-8,14,20H,2,9-13H2,1H3,(H,24,27). The summed E-state index contributed by atoms with van der Waals surface area (Å²) in [6.45, 7) is 6.90. The fraction of sp³-hybridized carbons (Fsp3) is 0.364. The Hall–Kier alpha value is -2.57. The van der Waals surface area contributed by atoms with E-state index in [-0.39, 0.29) is 5.91 Å². The molecule has 2 aromatic rings. The molecule has 0 spiro atoms.